The van der Waals surface area contributed by atoms with Gasteiger partial charge in [-0.1, -0.05) is 15.9 Å². The summed E-state index contributed by atoms with van der Waals surface area (Å²) >= 11 is 3.31. The van der Waals surface area contributed by atoms with Gasteiger partial charge in [-0.2, -0.15) is 0 Å². The number of hydrogen-bond donors (Lipinski definition) is 0. The maximum Gasteiger partial charge on any atom is 0.216 e. The van der Waals surface area contributed by atoms with E-state index in [1.807, 2.05) is 6.07 Å². The van der Waals surface area contributed by atoms with Crippen molar-refractivity contribution < 1.29 is 9.47 Å². The van der Waals surface area contributed by atoms with E-state index in [-0.39, 0.29) is 0 Å². The third kappa shape index (κ3) is 2.11. The molecule has 1 heterocycles. The molecule has 1 aromatic rings. The molecular weight excluding hydrogens is 222 g/mol. The molecule has 1 rings (SSSR count). The van der Waals surface area contributed by atoms with Crippen LogP contribution in [0.3, 0.4) is 0 Å². The minimum absolute atomic E-state index is 0.573. The smallest absolute Gasteiger partial charge is 0.216 e. The molecule has 0 aliphatic heterocycles. The number of rotatable bonds is 3. The average Bonchev–Trinajstić information content (AvgIpc) is 2.16. The van der Waals surface area contributed by atoms with E-state index in [1.165, 1.54) is 0 Å². The SMILES string of the molecule is COc1cc(CBr)nc(OC)c1. The number of methoxy groups -OCH3 is 2. The Morgan fingerprint density at radius 1 is 1.33 bits per heavy atom. The van der Waals surface area contributed by atoms with Crippen molar-refractivity contribution in [2.75, 3.05) is 14.2 Å². The Morgan fingerprint density at radius 3 is 2.58 bits per heavy atom. The molecule has 66 valence electrons. The highest BCUT2D eigenvalue weighted by Crippen LogP contribution is 2.19. The topological polar surface area (TPSA) is 31.4 Å². The normalized spacial score (nSPS) is 9.58. The van der Waals surface area contributed by atoms with Crippen LogP contribution in [0.2, 0.25) is 0 Å². The number of alkyl halides is 1. The molecule has 0 aromatic carbocycles. The van der Waals surface area contributed by atoms with Gasteiger partial charge >= 0.3 is 0 Å². The lowest BCUT2D eigenvalue weighted by atomic mass is 10.3. The van der Waals surface area contributed by atoms with Crippen LogP contribution in [0.4, 0.5) is 0 Å². The molecule has 0 radical (unpaired) electrons. The van der Waals surface area contributed by atoms with Gasteiger partial charge in [0.1, 0.15) is 5.75 Å². The minimum Gasteiger partial charge on any atom is -0.496 e. The second-order valence-electron chi connectivity index (χ2n) is 2.17. The minimum atomic E-state index is 0.573. The van der Waals surface area contributed by atoms with Crippen LogP contribution in [-0.4, -0.2) is 19.2 Å². The molecule has 0 fully saturated rings. The molecule has 0 amide bonds. The first-order valence-electron chi connectivity index (χ1n) is 3.45. The van der Waals surface area contributed by atoms with Gasteiger partial charge in [-0.25, -0.2) is 4.98 Å². The fourth-order valence-electron chi connectivity index (χ4n) is 0.825. The van der Waals surface area contributed by atoms with Gasteiger partial charge in [-0.05, 0) is 0 Å². The Morgan fingerprint density at radius 2 is 2.08 bits per heavy atom. The Hall–Kier alpha value is -0.770. The summed E-state index contributed by atoms with van der Waals surface area (Å²) in [5, 5.41) is 0.695. The fourth-order valence-corrected chi connectivity index (χ4v) is 1.11. The van der Waals surface area contributed by atoms with E-state index in [0.29, 0.717) is 11.2 Å². The lowest BCUT2D eigenvalue weighted by Crippen LogP contribution is -1.93. The van der Waals surface area contributed by atoms with Gasteiger partial charge in [-0.3, -0.25) is 0 Å². The number of nitrogens with zero attached hydrogens (tertiary/aromatic N) is 1. The van der Waals surface area contributed by atoms with Crippen molar-refractivity contribution in [3.8, 4) is 11.6 Å². The van der Waals surface area contributed by atoms with Crippen LogP contribution in [0, 0.1) is 0 Å². The monoisotopic (exact) mass is 231 g/mol. The van der Waals surface area contributed by atoms with E-state index in [0.717, 1.165) is 11.4 Å². The summed E-state index contributed by atoms with van der Waals surface area (Å²) in [6, 6.07) is 3.60. The molecule has 0 bridgehead atoms. The summed E-state index contributed by atoms with van der Waals surface area (Å²) in [7, 11) is 3.20. The van der Waals surface area contributed by atoms with Crippen LogP contribution in [0.5, 0.6) is 11.6 Å². The van der Waals surface area contributed by atoms with Crippen molar-refractivity contribution in [1.82, 2.24) is 4.98 Å². The fraction of sp³-hybridized carbons (Fsp3) is 0.375. The van der Waals surface area contributed by atoms with Gasteiger partial charge in [0.25, 0.3) is 0 Å². The summed E-state index contributed by atoms with van der Waals surface area (Å²) in [6.07, 6.45) is 0. The number of ether oxygens (including phenoxy) is 2. The Balaban J connectivity index is 3.01. The van der Waals surface area contributed by atoms with Gasteiger partial charge in [0.15, 0.2) is 0 Å². The van der Waals surface area contributed by atoms with Gasteiger partial charge in [0.05, 0.1) is 19.9 Å². The molecule has 3 nitrogen and oxygen atoms in total. The van der Waals surface area contributed by atoms with Crippen LogP contribution >= 0.6 is 15.9 Å². The van der Waals surface area contributed by atoms with Gasteiger partial charge < -0.3 is 9.47 Å². The molecule has 0 atom stereocenters. The zero-order valence-electron chi connectivity index (χ0n) is 7.00. The first-order valence-corrected chi connectivity index (χ1v) is 4.57. The highest BCUT2D eigenvalue weighted by molar-refractivity contribution is 9.08. The van der Waals surface area contributed by atoms with E-state index in [1.54, 1.807) is 20.3 Å². The van der Waals surface area contributed by atoms with Crippen LogP contribution in [-0.2, 0) is 5.33 Å². The van der Waals surface area contributed by atoms with Crippen LogP contribution < -0.4 is 9.47 Å². The third-order valence-electron chi connectivity index (χ3n) is 1.41. The molecule has 0 spiro atoms. The largest absolute Gasteiger partial charge is 0.496 e. The molecule has 0 aliphatic carbocycles. The van der Waals surface area contributed by atoms with Crippen LogP contribution in [0.25, 0.3) is 0 Å². The Bertz CT molecular complexity index is 210. The maximum absolute atomic E-state index is 5.06. The van der Waals surface area contributed by atoms with Crippen molar-refractivity contribution in [2.24, 2.45) is 0 Å². The average molecular weight is 232 g/mol. The molecule has 4 heteroatoms. The van der Waals surface area contributed by atoms with E-state index < -0.39 is 0 Å². The molecule has 12 heavy (non-hydrogen) atoms. The quantitative estimate of drug-likeness (QED) is 0.747. The summed E-state index contributed by atoms with van der Waals surface area (Å²) in [6.45, 7) is 0. The maximum atomic E-state index is 5.06. The highest BCUT2D eigenvalue weighted by Gasteiger charge is 2.01. The first-order chi connectivity index (χ1) is 5.80. The Labute approximate surface area is 79.8 Å². The first kappa shape index (κ1) is 9.32. The summed E-state index contributed by atoms with van der Waals surface area (Å²) in [5.41, 5.74) is 0.895. The standard InChI is InChI=1S/C8H10BrNO2/c1-11-7-3-6(5-9)10-8(4-7)12-2/h3-4H,5H2,1-2H3. The number of hydrogen-bond acceptors (Lipinski definition) is 3. The number of pyridine rings is 1. The van der Waals surface area contributed by atoms with Crippen molar-refractivity contribution in [3.63, 3.8) is 0 Å². The van der Waals surface area contributed by atoms with E-state index in [2.05, 4.69) is 20.9 Å². The predicted molar refractivity (Wildman–Crippen MR) is 50.0 cm³/mol. The second-order valence-corrected chi connectivity index (χ2v) is 2.74. The lowest BCUT2D eigenvalue weighted by Gasteiger charge is -2.04. The predicted octanol–water partition coefficient (Wildman–Crippen LogP) is 1.99. The van der Waals surface area contributed by atoms with Gasteiger partial charge in [0, 0.05) is 17.5 Å². The van der Waals surface area contributed by atoms with Crippen molar-refractivity contribution >= 4 is 15.9 Å². The molecule has 0 saturated carbocycles. The van der Waals surface area contributed by atoms with Crippen molar-refractivity contribution in [1.29, 1.82) is 0 Å². The van der Waals surface area contributed by atoms with E-state index in [9.17, 15) is 0 Å². The summed E-state index contributed by atoms with van der Waals surface area (Å²) in [4.78, 5) is 4.17. The molecule has 0 aliphatic rings. The van der Waals surface area contributed by atoms with Crippen LogP contribution in [0.15, 0.2) is 12.1 Å². The summed E-state index contributed by atoms with van der Waals surface area (Å²) in [5.74, 6) is 1.33. The third-order valence-corrected chi connectivity index (χ3v) is 1.98. The van der Waals surface area contributed by atoms with Crippen molar-refractivity contribution in [3.05, 3.63) is 17.8 Å². The van der Waals surface area contributed by atoms with E-state index in [4.69, 9.17) is 9.47 Å². The molecule has 0 N–H and O–H groups in total. The second kappa shape index (κ2) is 4.30. The van der Waals surface area contributed by atoms with Gasteiger partial charge in [0.2, 0.25) is 5.88 Å². The molecule has 0 unspecified atom stereocenters. The van der Waals surface area contributed by atoms with Crippen molar-refractivity contribution in [2.45, 2.75) is 5.33 Å². The summed E-state index contributed by atoms with van der Waals surface area (Å²) < 4.78 is 10.0. The molecule has 1 aromatic heterocycles. The number of halogens is 1. The van der Waals surface area contributed by atoms with Gasteiger partial charge in [-0.15, -0.1) is 0 Å². The Kier molecular flexibility index (Phi) is 3.34. The van der Waals surface area contributed by atoms with E-state index >= 15 is 0 Å². The zero-order valence-corrected chi connectivity index (χ0v) is 8.59. The lowest BCUT2D eigenvalue weighted by molar-refractivity contribution is 0.381. The zero-order chi connectivity index (χ0) is 8.97. The van der Waals surface area contributed by atoms with Crippen LogP contribution in [0.1, 0.15) is 5.69 Å². The number of aromatic nitrogens is 1. The molecule has 0 saturated heterocycles. The highest BCUT2D eigenvalue weighted by atomic mass is 79.9. The molecular formula is C8H10BrNO2.